The van der Waals surface area contributed by atoms with Gasteiger partial charge < -0.3 is 14.8 Å². The minimum Gasteiger partial charge on any atom is -0.454 e. The SMILES string of the molecule is O=[N+]([O-])c1ccc(NCc2cccc3c2OCO3)c(I)c1. The quantitative estimate of drug-likeness (QED) is 0.485. The zero-order chi connectivity index (χ0) is 14.8. The molecule has 1 aliphatic rings. The molecule has 0 amide bonds. The van der Waals surface area contributed by atoms with Crippen LogP contribution >= 0.6 is 22.6 Å². The van der Waals surface area contributed by atoms with Crippen molar-refractivity contribution < 1.29 is 14.4 Å². The molecule has 2 aromatic rings. The van der Waals surface area contributed by atoms with Crippen LogP contribution in [0, 0.1) is 13.7 Å². The van der Waals surface area contributed by atoms with Crippen molar-refractivity contribution in [2.75, 3.05) is 12.1 Å². The fraction of sp³-hybridized carbons (Fsp3) is 0.143. The molecule has 21 heavy (non-hydrogen) atoms. The minimum absolute atomic E-state index is 0.0855. The first kappa shape index (κ1) is 13.9. The third-order valence-corrected chi connectivity index (χ3v) is 4.00. The van der Waals surface area contributed by atoms with Crippen molar-refractivity contribution in [3.63, 3.8) is 0 Å². The van der Waals surface area contributed by atoms with Crippen LogP contribution < -0.4 is 14.8 Å². The second-order valence-corrected chi connectivity index (χ2v) is 5.59. The van der Waals surface area contributed by atoms with Gasteiger partial charge in [0.2, 0.25) is 6.79 Å². The van der Waals surface area contributed by atoms with Gasteiger partial charge in [0.1, 0.15) is 0 Å². The lowest BCUT2D eigenvalue weighted by molar-refractivity contribution is -0.384. The van der Waals surface area contributed by atoms with E-state index < -0.39 is 4.92 Å². The topological polar surface area (TPSA) is 73.6 Å². The summed E-state index contributed by atoms with van der Waals surface area (Å²) in [5, 5.41) is 14.0. The first-order valence-corrected chi connectivity index (χ1v) is 7.28. The summed E-state index contributed by atoms with van der Waals surface area (Å²) in [5.41, 5.74) is 1.92. The van der Waals surface area contributed by atoms with Gasteiger partial charge >= 0.3 is 0 Å². The van der Waals surface area contributed by atoms with Crippen LogP contribution in [0.15, 0.2) is 36.4 Å². The predicted octanol–water partition coefficient (Wildman–Crippen LogP) is 3.54. The third-order valence-electron chi connectivity index (χ3n) is 3.11. The van der Waals surface area contributed by atoms with E-state index in [2.05, 4.69) is 27.9 Å². The molecule has 0 atom stereocenters. The number of nitrogens with zero attached hydrogens (tertiary/aromatic N) is 1. The van der Waals surface area contributed by atoms with E-state index in [9.17, 15) is 10.1 Å². The molecule has 0 radical (unpaired) electrons. The van der Waals surface area contributed by atoms with Crippen LogP contribution in [0.2, 0.25) is 0 Å². The second kappa shape index (κ2) is 5.76. The minimum atomic E-state index is -0.402. The van der Waals surface area contributed by atoms with Crippen LogP contribution in [0.25, 0.3) is 0 Å². The van der Waals surface area contributed by atoms with Gasteiger partial charge in [-0.05, 0) is 34.7 Å². The molecule has 2 aromatic carbocycles. The summed E-state index contributed by atoms with van der Waals surface area (Å²) >= 11 is 2.08. The number of ether oxygens (including phenoxy) is 2. The van der Waals surface area contributed by atoms with Crippen LogP contribution in [0.5, 0.6) is 11.5 Å². The highest BCUT2D eigenvalue weighted by molar-refractivity contribution is 14.1. The number of non-ortho nitro benzene ring substituents is 1. The van der Waals surface area contributed by atoms with Gasteiger partial charge in [-0.3, -0.25) is 10.1 Å². The van der Waals surface area contributed by atoms with Gasteiger partial charge in [-0.1, -0.05) is 12.1 Å². The molecule has 3 rings (SSSR count). The number of halogens is 1. The molecule has 7 heteroatoms. The molecule has 0 bridgehead atoms. The molecule has 0 unspecified atom stereocenters. The average Bonchev–Trinajstić information content (AvgIpc) is 2.94. The summed E-state index contributed by atoms with van der Waals surface area (Å²) in [4.78, 5) is 10.3. The van der Waals surface area contributed by atoms with E-state index in [1.54, 1.807) is 6.07 Å². The van der Waals surface area contributed by atoms with E-state index in [0.29, 0.717) is 6.54 Å². The van der Waals surface area contributed by atoms with Crippen molar-refractivity contribution in [3.05, 3.63) is 55.6 Å². The standard InChI is InChI=1S/C14H11IN2O4/c15-11-6-10(17(18)19)4-5-12(11)16-7-9-2-1-3-13-14(9)21-8-20-13/h1-6,16H,7-8H2. The lowest BCUT2D eigenvalue weighted by Gasteiger charge is -2.10. The summed E-state index contributed by atoms with van der Waals surface area (Å²) in [6.45, 7) is 0.793. The number of anilines is 1. The second-order valence-electron chi connectivity index (χ2n) is 4.43. The van der Waals surface area contributed by atoms with Crippen molar-refractivity contribution >= 4 is 34.0 Å². The van der Waals surface area contributed by atoms with Gasteiger partial charge in [-0.2, -0.15) is 0 Å². The van der Waals surface area contributed by atoms with E-state index in [0.717, 1.165) is 26.3 Å². The Balaban J connectivity index is 1.77. The van der Waals surface area contributed by atoms with Crippen molar-refractivity contribution in [3.8, 4) is 11.5 Å². The van der Waals surface area contributed by atoms with Gasteiger partial charge in [0.05, 0.1) is 4.92 Å². The normalized spacial score (nSPS) is 12.2. The van der Waals surface area contributed by atoms with Crippen molar-refractivity contribution in [1.82, 2.24) is 0 Å². The Labute approximate surface area is 134 Å². The number of benzene rings is 2. The number of rotatable bonds is 4. The van der Waals surface area contributed by atoms with Gasteiger partial charge in [-0.25, -0.2) is 0 Å². The molecule has 0 saturated heterocycles. The van der Waals surface area contributed by atoms with Gasteiger partial charge in [0, 0.05) is 33.5 Å². The third kappa shape index (κ3) is 2.87. The Morgan fingerprint density at radius 3 is 2.90 bits per heavy atom. The molecule has 0 aliphatic carbocycles. The molecule has 6 nitrogen and oxygen atoms in total. The molecule has 0 saturated carbocycles. The molecular formula is C14H11IN2O4. The first-order chi connectivity index (χ1) is 10.1. The molecule has 108 valence electrons. The Kier molecular flexibility index (Phi) is 3.82. The van der Waals surface area contributed by atoms with E-state index in [1.165, 1.54) is 12.1 Å². The van der Waals surface area contributed by atoms with Crippen LogP contribution in [-0.2, 0) is 6.54 Å². The Hall–Kier alpha value is -2.03. The summed E-state index contributed by atoms with van der Waals surface area (Å²) in [6.07, 6.45) is 0. The number of nitro benzene ring substituents is 1. The summed E-state index contributed by atoms with van der Waals surface area (Å²) in [6, 6.07) is 10.5. The fourth-order valence-corrected chi connectivity index (χ4v) is 2.77. The molecule has 1 aliphatic heterocycles. The maximum absolute atomic E-state index is 10.7. The first-order valence-electron chi connectivity index (χ1n) is 6.20. The average molecular weight is 398 g/mol. The van der Waals surface area contributed by atoms with E-state index in [4.69, 9.17) is 9.47 Å². The highest BCUT2D eigenvalue weighted by Crippen LogP contribution is 2.35. The van der Waals surface area contributed by atoms with E-state index >= 15 is 0 Å². The highest BCUT2D eigenvalue weighted by atomic mass is 127. The molecular weight excluding hydrogens is 387 g/mol. The van der Waals surface area contributed by atoms with Crippen molar-refractivity contribution in [2.45, 2.75) is 6.54 Å². The Morgan fingerprint density at radius 2 is 2.14 bits per heavy atom. The van der Waals surface area contributed by atoms with Crippen LogP contribution in [0.4, 0.5) is 11.4 Å². The molecule has 0 fully saturated rings. The number of hydrogen-bond donors (Lipinski definition) is 1. The number of nitro groups is 1. The molecule has 0 aromatic heterocycles. The largest absolute Gasteiger partial charge is 0.454 e. The summed E-state index contributed by atoms with van der Waals surface area (Å²) < 4.78 is 11.6. The van der Waals surface area contributed by atoms with Gasteiger partial charge in [0.25, 0.3) is 5.69 Å². The molecule has 1 heterocycles. The van der Waals surface area contributed by atoms with Gasteiger partial charge in [-0.15, -0.1) is 0 Å². The van der Waals surface area contributed by atoms with Crippen molar-refractivity contribution in [2.24, 2.45) is 0 Å². The highest BCUT2D eigenvalue weighted by Gasteiger charge is 2.17. The van der Waals surface area contributed by atoms with E-state index in [-0.39, 0.29) is 12.5 Å². The summed E-state index contributed by atoms with van der Waals surface area (Å²) in [5.74, 6) is 1.50. The van der Waals surface area contributed by atoms with Crippen LogP contribution in [0.1, 0.15) is 5.56 Å². The molecule has 1 N–H and O–H groups in total. The molecule has 0 spiro atoms. The zero-order valence-electron chi connectivity index (χ0n) is 10.8. The lowest BCUT2D eigenvalue weighted by atomic mass is 10.2. The summed E-state index contributed by atoms with van der Waals surface area (Å²) in [7, 11) is 0. The Bertz CT molecular complexity index is 705. The number of hydrogen-bond acceptors (Lipinski definition) is 5. The van der Waals surface area contributed by atoms with E-state index in [1.807, 2.05) is 18.2 Å². The fourth-order valence-electron chi connectivity index (χ4n) is 2.08. The number of para-hydroxylation sites is 1. The Morgan fingerprint density at radius 1 is 1.29 bits per heavy atom. The smallest absolute Gasteiger partial charge is 0.270 e. The maximum atomic E-state index is 10.7. The maximum Gasteiger partial charge on any atom is 0.270 e. The van der Waals surface area contributed by atoms with Gasteiger partial charge in [0.15, 0.2) is 11.5 Å². The lowest BCUT2D eigenvalue weighted by Crippen LogP contribution is -2.03. The predicted molar refractivity (Wildman–Crippen MR) is 85.7 cm³/mol. The van der Waals surface area contributed by atoms with Crippen LogP contribution in [0.3, 0.4) is 0 Å². The van der Waals surface area contributed by atoms with Crippen LogP contribution in [-0.4, -0.2) is 11.7 Å². The number of nitrogens with one attached hydrogen (secondary N) is 1. The number of fused-ring (bicyclic) bond motifs is 1. The monoisotopic (exact) mass is 398 g/mol. The zero-order valence-corrected chi connectivity index (χ0v) is 13.0. The van der Waals surface area contributed by atoms with Crippen molar-refractivity contribution in [1.29, 1.82) is 0 Å².